The number of hydrogen-bond donors (Lipinski definition) is 0. The fourth-order valence-electron chi connectivity index (χ4n) is 2.20. The summed E-state index contributed by atoms with van der Waals surface area (Å²) < 4.78 is 0.741. The van der Waals surface area contributed by atoms with Crippen molar-refractivity contribution in [3.63, 3.8) is 0 Å². The Kier molecular flexibility index (Phi) is 4.19. The predicted molar refractivity (Wildman–Crippen MR) is 75.1 cm³/mol. The van der Waals surface area contributed by atoms with E-state index in [1.807, 2.05) is 12.1 Å². The van der Waals surface area contributed by atoms with Gasteiger partial charge in [-0.15, -0.1) is 0 Å². The normalized spacial score (nSPS) is 17.6. The van der Waals surface area contributed by atoms with Gasteiger partial charge in [-0.2, -0.15) is 0 Å². The van der Waals surface area contributed by atoms with E-state index in [0.717, 1.165) is 42.8 Å². The van der Waals surface area contributed by atoms with Gasteiger partial charge in [-0.3, -0.25) is 10.1 Å². The minimum atomic E-state index is -0.311. The van der Waals surface area contributed by atoms with Crippen molar-refractivity contribution in [2.24, 2.45) is 0 Å². The lowest BCUT2D eigenvalue weighted by Gasteiger charge is -2.22. The Morgan fingerprint density at radius 3 is 2.78 bits per heavy atom. The van der Waals surface area contributed by atoms with Crippen molar-refractivity contribution in [2.75, 3.05) is 38.1 Å². The maximum atomic E-state index is 11.1. The number of benzene rings is 1. The van der Waals surface area contributed by atoms with Gasteiger partial charge in [0.15, 0.2) is 0 Å². The van der Waals surface area contributed by atoms with Gasteiger partial charge < -0.3 is 9.80 Å². The van der Waals surface area contributed by atoms with Crippen LogP contribution in [0.15, 0.2) is 22.7 Å². The van der Waals surface area contributed by atoms with E-state index in [2.05, 4.69) is 32.8 Å². The van der Waals surface area contributed by atoms with Gasteiger partial charge in [-0.05, 0) is 32.1 Å². The first kappa shape index (κ1) is 13.3. The lowest BCUT2D eigenvalue weighted by Crippen LogP contribution is -2.29. The molecule has 6 heteroatoms. The Hall–Kier alpha value is -1.14. The molecule has 0 radical (unpaired) electrons. The lowest BCUT2D eigenvalue weighted by molar-refractivity contribution is -0.384. The maximum Gasteiger partial charge on any atom is 0.293 e. The van der Waals surface area contributed by atoms with E-state index in [9.17, 15) is 10.1 Å². The summed E-state index contributed by atoms with van der Waals surface area (Å²) in [6.45, 7) is 3.68. The zero-order valence-corrected chi connectivity index (χ0v) is 11.9. The number of likely N-dealkylation sites (N-methyl/N-ethyl adjacent to an activating group) is 1. The van der Waals surface area contributed by atoms with Gasteiger partial charge in [0.05, 0.1) is 4.92 Å². The summed E-state index contributed by atoms with van der Waals surface area (Å²) in [6.07, 6.45) is 1.03. The summed E-state index contributed by atoms with van der Waals surface area (Å²) in [6, 6.07) is 5.26. The average molecular weight is 314 g/mol. The van der Waals surface area contributed by atoms with Crippen molar-refractivity contribution in [3.05, 3.63) is 32.8 Å². The topological polar surface area (TPSA) is 49.6 Å². The molecular weight excluding hydrogens is 298 g/mol. The van der Waals surface area contributed by atoms with Crippen LogP contribution in [-0.2, 0) is 0 Å². The lowest BCUT2D eigenvalue weighted by atomic mass is 10.2. The van der Waals surface area contributed by atoms with Crippen molar-refractivity contribution in [1.82, 2.24) is 4.90 Å². The van der Waals surface area contributed by atoms with Crippen LogP contribution >= 0.6 is 15.9 Å². The average Bonchev–Trinajstić information content (AvgIpc) is 2.54. The summed E-state index contributed by atoms with van der Waals surface area (Å²) in [7, 11) is 2.08. The molecule has 0 aromatic heterocycles. The molecule has 1 heterocycles. The second kappa shape index (κ2) is 5.67. The Balaban J connectivity index is 2.29. The Morgan fingerprint density at radius 1 is 1.28 bits per heavy atom. The first-order chi connectivity index (χ1) is 8.58. The molecule has 1 saturated heterocycles. The van der Waals surface area contributed by atoms with E-state index in [1.54, 1.807) is 6.07 Å². The summed E-state index contributed by atoms with van der Waals surface area (Å²) in [5.74, 6) is 0. The van der Waals surface area contributed by atoms with E-state index in [-0.39, 0.29) is 10.6 Å². The highest BCUT2D eigenvalue weighted by Gasteiger charge is 2.21. The number of halogens is 1. The largest absolute Gasteiger partial charge is 0.365 e. The third-order valence-electron chi connectivity index (χ3n) is 3.19. The third kappa shape index (κ3) is 3.00. The number of hydrogen-bond acceptors (Lipinski definition) is 4. The van der Waals surface area contributed by atoms with Crippen molar-refractivity contribution in [3.8, 4) is 0 Å². The molecule has 1 aromatic carbocycles. The molecule has 1 aromatic rings. The first-order valence-electron chi connectivity index (χ1n) is 5.95. The molecule has 5 nitrogen and oxygen atoms in total. The summed E-state index contributed by atoms with van der Waals surface area (Å²) in [5.41, 5.74) is 0.896. The van der Waals surface area contributed by atoms with Crippen LogP contribution in [0, 0.1) is 10.1 Å². The number of nitro groups is 1. The van der Waals surface area contributed by atoms with Crippen molar-refractivity contribution >= 4 is 27.3 Å². The van der Waals surface area contributed by atoms with E-state index >= 15 is 0 Å². The number of nitrogens with zero attached hydrogens (tertiary/aromatic N) is 3. The van der Waals surface area contributed by atoms with Gasteiger partial charge in [0.25, 0.3) is 5.69 Å². The smallest absolute Gasteiger partial charge is 0.293 e. The summed E-state index contributed by atoms with van der Waals surface area (Å²) >= 11 is 3.28. The van der Waals surface area contributed by atoms with E-state index in [4.69, 9.17) is 0 Å². The molecule has 1 aliphatic rings. The molecule has 1 fully saturated rings. The van der Waals surface area contributed by atoms with Crippen molar-refractivity contribution < 1.29 is 4.92 Å². The standard InChI is InChI=1S/C12H16BrN3O2/c1-14-5-2-6-15(8-7-14)11-4-3-10(13)9-12(11)16(17)18/h3-4,9H,2,5-8H2,1H3. The Labute approximate surface area is 115 Å². The molecule has 98 valence electrons. The van der Waals surface area contributed by atoms with Crippen LogP contribution in [0.4, 0.5) is 11.4 Å². The van der Waals surface area contributed by atoms with E-state index < -0.39 is 0 Å². The van der Waals surface area contributed by atoms with Crippen LogP contribution in [0.25, 0.3) is 0 Å². The third-order valence-corrected chi connectivity index (χ3v) is 3.69. The highest BCUT2D eigenvalue weighted by atomic mass is 79.9. The summed E-state index contributed by atoms with van der Waals surface area (Å²) in [4.78, 5) is 15.2. The molecule has 0 atom stereocenters. The molecule has 18 heavy (non-hydrogen) atoms. The van der Waals surface area contributed by atoms with Gasteiger partial charge in [0.2, 0.25) is 0 Å². The van der Waals surface area contributed by atoms with Gasteiger partial charge in [-0.1, -0.05) is 15.9 Å². The van der Waals surface area contributed by atoms with Gasteiger partial charge in [0.1, 0.15) is 5.69 Å². The highest BCUT2D eigenvalue weighted by molar-refractivity contribution is 9.10. The molecule has 0 spiro atoms. The molecular formula is C12H16BrN3O2. The molecule has 0 N–H and O–H groups in total. The predicted octanol–water partition coefficient (Wildman–Crippen LogP) is 2.50. The molecule has 1 aliphatic heterocycles. The second-order valence-corrected chi connectivity index (χ2v) is 5.45. The second-order valence-electron chi connectivity index (χ2n) is 4.53. The van der Waals surface area contributed by atoms with E-state index in [1.165, 1.54) is 0 Å². The van der Waals surface area contributed by atoms with Crippen LogP contribution in [0.3, 0.4) is 0 Å². The Bertz CT molecular complexity index is 453. The van der Waals surface area contributed by atoms with Crippen LogP contribution in [0.1, 0.15) is 6.42 Å². The number of rotatable bonds is 2. The fraction of sp³-hybridized carbons (Fsp3) is 0.500. The van der Waals surface area contributed by atoms with Crippen LogP contribution in [0.5, 0.6) is 0 Å². The van der Waals surface area contributed by atoms with Crippen molar-refractivity contribution in [2.45, 2.75) is 6.42 Å². The summed E-state index contributed by atoms with van der Waals surface area (Å²) in [5, 5.41) is 11.1. The molecule has 0 aliphatic carbocycles. The zero-order chi connectivity index (χ0) is 13.1. The van der Waals surface area contributed by atoms with Crippen LogP contribution in [-0.4, -0.2) is 43.0 Å². The SMILES string of the molecule is CN1CCCN(c2ccc(Br)cc2[N+](=O)[O-])CC1. The van der Waals surface area contributed by atoms with Crippen molar-refractivity contribution in [1.29, 1.82) is 0 Å². The number of anilines is 1. The fourth-order valence-corrected chi connectivity index (χ4v) is 2.55. The Morgan fingerprint density at radius 2 is 2.06 bits per heavy atom. The number of nitro benzene ring substituents is 1. The molecule has 0 saturated carbocycles. The quantitative estimate of drug-likeness (QED) is 0.622. The minimum absolute atomic E-state index is 0.175. The first-order valence-corrected chi connectivity index (χ1v) is 6.74. The minimum Gasteiger partial charge on any atom is -0.365 e. The monoisotopic (exact) mass is 313 g/mol. The molecule has 0 bridgehead atoms. The van der Waals surface area contributed by atoms with Crippen LogP contribution in [0.2, 0.25) is 0 Å². The highest BCUT2D eigenvalue weighted by Crippen LogP contribution is 2.31. The van der Waals surface area contributed by atoms with Gasteiger partial charge >= 0.3 is 0 Å². The van der Waals surface area contributed by atoms with E-state index in [0.29, 0.717) is 0 Å². The zero-order valence-electron chi connectivity index (χ0n) is 10.3. The van der Waals surface area contributed by atoms with Gasteiger partial charge in [0, 0.05) is 30.2 Å². The molecule has 0 unspecified atom stereocenters. The van der Waals surface area contributed by atoms with Gasteiger partial charge in [-0.25, -0.2) is 0 Å². The maximum absolute atomic E-state index is 11.1. The molecule has 0 amide bonds. The molecule has 2 rings (SSSR count). The van der Waals surface area contributed by atoms with Crippen LogP contribution < -0.4 is 4.90 Å².